The summed E-state index contributed by atoms with van der Waals surface area (Å²) in [7, 11) is 1.50. The first-order valence-electron chi connectivity index (χ1n) is 13.9. The van der Waals surface area contributed by atoms with E-state index in [2.05, 4.69) is 21.4 Å². The lowest BCUT2D eigenvalue weighted by atomic mass is 10.1. The van der Waals surface area contributed by atoms with Crippen LogP contribution >= 0.6 is 0 Å². The minimum atomic E-state index is -1.01. The second-order valence-electron chi connectivity index (χ2n) is 9.21. The average Bonchev–Trinajstić information content (AvgIpc) is 3.39. The molecule has 0 aliphatic carbocycles. The summed E-state index contributed by atoms with van der Waals surface area (Å²) in [6.45, 7) is 7.31. The van der Waals surface area contributed by atoms with E-state index in [4.69, 9.17) is 14.9 Å². The van der Waals surface area contributed by atoms with Crippen molar-refractivity contribution in [2.45, 2.75) is 40.5 Å². The van der Waals surface area contributed by atoms with Crippen LogP contribution in [0, 0.1) is 19.3 Å². The minimum Gasteiger partial charge on any atom is -0.428 e. The van der Waals surface area contributed by atoms with Gasteiger partial charge < -0.3 is 30.8 Å². The number of hydrogen-bond donors (Lipinski definition) is 5. The number of nitrogens with one attached hydrogen (secondary N) is 4. The molecule has 1 aromatic heterocycles. The summed E-state index contributed by atoms with van der Waals surface area (Å²) in [5.74, 6) is -1.58. The fraction of sp³-hybridized carbons (Fsp3) is 0.323. The number of amidine groups is 1. The van der Waals surface area contributed by atoms with Gasteiger partial charge in [-0.15, -0.1) is 0 Å². The Kier molecular flexibility index (Phi) is 13.6. The number of nitrogens with zero attached hydrogens (tertiary/aromatic N) is 1. The summed E-state index contributed by atoms with van der Waals surface area (Å²) in [6.07, 6.45) is 1.21. The highest BCUT2D eigenvalue weighted by Crippen LogP contribution is 2.26. The lowest BCUT2D eigenvalue weighted by molar-refractivity contribution is -0.150. The molecule has 1 heterocycles. The zero-order chi connectivity index (χ0) is 31.9. The third-order valence-corrected chi connectivity index (χ3v) is 6.21. The van der Waals surface area contributed by atoms with Crippen molar-refractivity contribution in [1.29, 1.82) is 5.41 Å². The van der Waals surface area contributed by atoms with Crippen molar-refractivity contribution in [2.24, 2.45) is 5.73 Å². The van der Waals surface area contributed by atoms with Crippen molar-refractivity contribution in [1.82, 2.24) is 15.6 Å². The molecule has 0 aliphatic heterocycles. The number of aromatic amines is 1. The molecule has 0 fully saturated rings. The van der Waals surface area contributed by atoms with Gasteiger partial charge in [-0.3, -0.25) is 19.8 Å². The highest BCUT2D eigenvalue weighted by molar-refractivity contribution is 6.21. The Hall–Kier alpha value is -4.97. The average molecular weight is 593 g/mol. The number of amides is 3. The van der Waals surface area contributed by atoms with Gasteiger partial charge in [-0.2, -0.15) is 0 Å². The fourth-order valence-corrected chi connectivity index (χ4v) is 4.01. The molecule has 3 rings (SSSR count). The zero-order valence-corrected chi connectivity index (χ0v) is 25.2. The Balaban J connectivity index is 0.00000316. The molecule has 6 N–H and O–H groups in total. The van der Waals surface area contributed by atoms with Crippen LogP contribution in [0.15, 0.2) is 54.7 Å². The maximum Gasteiger partial charge on any atom is 0.423 e. The molecular weight excluding hydrogens is 552 g/mol. The van der Waals surface area contributed by atoms with Crippen LogP contribution in [0.5, 0.6) is 0 Å². The first kappa shape index (κ1) is 34.2. The van der Waals surface area contributed by atoms with Gasteiger partial charge in [-0.05, 0) is 63.1 Å². The molecule has 43 heavy (non-hydrogen) atoms. The summed E-state index contributed by atoms with van der Waals surface area (Å²) < 4.78 is 10.4. The molecule has 0 saturated heterocycles. The lowest BCUT2D eigenvalue weighted by Gasteiger charge is -2.25. The summed E-state index contributed by atoms with van der Waals surface area (Å²) in [6, 6.07) is 13.7. The van der Waals surface area contributed by atoms with E-state index in [0.717, 1.165) is 16.9 Å². The van der Waals surface area contributed by atoms with Crippen LogP contribution in [-0.2, 0) is 20.7 Å². The topological polar surface area (TPSA) is 180 Å². The highest BCUT2D eigenvalue weighted by Gasteiger charge is 2.29. The van der Waals surface area contributed by atoms with Gasteiger partial charge in [0, 0.05) is 24.8 Å². The van der Waals surface area contributed by atoms with Crippen molar-refractivity contribution in [3.63, 3.8) is 0 Å². The van der Waals surface area contributed by atoms with Crippen LogP contribution in [-0.4, -0.2) is 61.6 Å². The summed E-state index contributed by atoms with van der Waals surface area (Å²) >= 11 is 0. The monoisotopic (exact) mass is 592 g/mol. The Morgan fingerprint density at radius 1 is 0.953 bits per heavy atom. The molecule has 0 saturated carbocycles. The van der Waals surface area contributed by atoms with E-state index in [1.54, 1.807) is 57.2 Å². The standard InChI is InChI=1S/C30H35N5O6.CH5N/c1-5-14-33-29(38)23-17-34-26(20(23)4)27(31)35(24-16-22(13-12-19(24)3)28(37)32-6-2)30(39)41-18-40-25(36)15-21-10-8-7-9-11-21;1-2/h7-13,16-17,31,34H,5-6,14-15,18H2,1-4H3,(H,32,37)(H,33,38);2H2,1H3. The zero-order valence-electron chi connectivity index (χ0n) is 25.2. The van der Waals surface area contributed by atoms with E-state index in [9.17, 15) is 19.2 Å². The van der Waals surface area contributed by atoms with Gasteiger partial charge in [-0.25, -0.2) is 9.69 Å². The van der Waals surface area contributed by atoms with Crippen molar-refractivity contribution >= 4 is 35.4 Å². The van der Waals surface area contributed by atoms with Crippen molar-refractivity contribution in [3.8, 4) is 0 Å². The van der Waals surface area contributed by atoms with Crippen molar-refractivity contribution < 1.29 is 28.7 Å². The Labute approximate surface area is 251 Å². The molecule has 0 spiro atoms. The van der Waals surface area contributed by atoms with Crippen LogP contribution in [0.25, 0.3) is 0 Å². The third kappa shape index (κ3) is 9.27. The normalized spacial score (nSPS) is 10.1. The number of rotatable bonds is 11. The fourth-order valence-electron chi connectivity index (χ4n) is 4.01. The predicted molar refractivity (Wildman–Crippen MR) is 164 cm³/mol. The molecule has 3 aromatic rings. The largest absolute Gasteiger partial charge is 0.428 e. The second kappa shape index (κ2) is 17.1. The van der Waals surface area contributed by atoms with Gasteiger partial charge in [0.05, 0.1) is 23.4 Å². The number of aryl methyl sites for hydroxylation is 1. The highest BCUT2D eigenvalue weighted by atomic mass is 16.7. The Bertz CT molecular complexity index is 1420. The maximum atomic E-state index is 13.4. The van der Waals surface area contributed by atoms with E-state index >= 15 is 0 Å². The summed E-state index contributed by atoms with van der Waals surface area (Å²) in [4.78, 5) is 54.7. The maximum absolute atomic E-state index is 13.4. The number of nitrogens with two attached hydrogens (primary N) is 1. The number of H-pyrrole nitrogens is 1. The number of ether oxygens (including phenoxy) is 2. The van der Waals surface area contributed by atoms with E-state index in [1.807, 2.05) is 13.0 Å². The number of aromatic nitrogens is 1. The molecule has 0 bridgehead atoms. The lowest BCUT2D eigenvalue weighted by Crippen LogP contribution is -2.39. The molecule has 0 aliphatic rings. The van der Waals surface area contributed by atoms with Gasteiger partial charge in [0.15, 0.2) is 5.84 Å². The molecule has 12 nitrogen and oxygen atoms in total. The molecule has 230 valence electrons. The predicted octanol–water partition coefficient (Wildman–Crippen LogP) is 3.81. The molecular formula is C31H40N6O6. The molecule has 0 atom stereocenters. The van der Waals surface area contributed by atoms with E-state index in [-0.39, 0.29) is 41.0 Å². The van der Waals surface area contributed by atoms with Gasteiger partial charge in [0.2, 0.25) is 6.79 Å². The number of benzene rings is 2. The number of carbonyl (C=O) groups excluding carboxylic acids is 4. The third-order valence-electron chi connectivity index (χ3n) is 6.21. The van der Waals surface area contributed by atoms with Gasteiger partial charge in [-0.1, -0.05) is 43.3 Å². The van der Waals surface area contributed by atoms with Crippen LogP contribution < -0.4 is 21.3 Å². The smallest absolute Gasteiger partial charge is 0.423 e. The van der Waals surface area contributed by atoms with E-state index in [1.165, 1.54) is 19.3 Å². The Morgan fingerprint density at radius 2 is 1.65 bits per heavy atom. The first-order valence-corrected chi connectivity index (χ1v) is 13.9. The molecule has 0 unspecified atom stereocenters. The number of esters is 1. The van der Waals surface area contributed by atoms with Crippen LogP contribution in [0.3, 0.4) is 0 Å². The SMILES string of the molecule is CCCNC(=O)c1c[nH]c(C(=N)N(C(=O)OCOC(=O)Cc2ccccc2)c2cc(C(=O)NCC)ccc2C)c1C.CN. The molecule has 2 aromatic carbocycles. The molecule has 0 radical (unpaired) electrons. The van der Waals surface area contributed by atoms with Crippen LogP contribution in [0.4, 0.5) is 10.5 Å². The Morgan fingerprint density at radius 3 is 2.30 bits per heavy atom. The number of hydrogen-bond acceptors (Lipinski definition) is 8. The quantitative estimate of drug-likeness (QED) is 0.0972. The van der Waals surface area contributed by atoms with Crippen LogP contribution in [0.2, 0.25) is 0 Å². The van der Waals surface area contributed by atoms with Crippen LogP contribution in [0.1, 0.15) is 63.4 Å². The number of anilines is 1. The summed E-state index contributed by atoms with van der Waals surface area (Å²) in [5.41, 5.74) is 7.28. The minimum absolute atomic E-state index is 0.00381. The molecule has 3 amide bonds. The van der Waals surface area contributed by atoms with Gasteiger partial charge >= 0.3 is 12.1 Å². The second-order valence-corrected chi connectivity index (χ2v) is 9.21. The van der Waals surface area contributed by atoms with Gasteiger partial charge in [0.25, 0.3) is 11.8 Å². The van der Waals surface area contributed by atoms with Crippen molar-refractivity contribution in [3.05, 3.63) is 88.2 Å². The van der Waals surface area contributed by atoms with E-state index in [0.29, 0.717) is 29.8 Å². The van der Waals surface area contributed by atoms with Crippen molar-refractivity contribution in [2.75, 3.05) is 31.8 Å². The van der Waals surface area contributed by atoms with Gasteiger partial charge in [0.1, 0.15) is 0 Å². The summed E-state index contributed by atoms with van der Waals surface area (Å²) in [5, 5.41) is 14.5. The first-order chi connectivity index (χ1) is 20.7. The van der Waals surface area contributed by atoms with E-state index < -0.39 is 18.9 Å². The molecule has 12 heteroatoms. The number of carbonyl (C=O) groups is 4.